The second kappa shape index (κ2) is 8.32. The van der Waals surface area contributed by atoms with Crippen molar-refractivity contribution in [2.24, 2.45) is 0 Å². The largest absolute Gasteiger partial charge is 0.397 e. The number of anilines is 1. The van der Waals surface area contributed by atoms with Gasteiger partial charge in [0.1, 0.15) is 0 Å². The van der Waals surface area contributed by atoms with E-state index in [1.54, 1.807) is 6.07 Å². The van der Waals surface area contributed by atoms with Gasteiger partial charge in [0, 0.05) is 26.2 Å². The van der Waals surface area contributed by atoms with Crippen LogP contribution in [-0.2, 0) is 10.0 Å². The lowest BCUT2D eigenvalue weighted by atomic mass is 9.96. The van der Waals surface area contributed by atoms with Crippen molar-refractivity contribution in [1.29, 1.82) is 0 Å². The van der Waals surface area contributed by atoms with Gasteiger partial charge in [-0.25, -0.2) is 13.4 Å². The van der Waals surface area contributed by atoms with Crippen LogP contribution in [0.3, 0.4) is 0 Å². The Morgan fingerprint density at radius 2 is 1.34 bits per heavy atom. The van der Waals surface area contributed by atoms with Crippen LogP contribution in [0.25, 0.3) is 0 Å². The summed E-state index contributed by atoms with van der Waals surface area (Å²) in [6.07, 6.45) is 1.38. The molecule has 1 aliphatic rings. The number of nitrogens with two attached hydrogens (primary N) is 1. The lowest BCUT2D eigenvalue weighted by Crippen LogP contribution is -2.49. The Balaban J connectivity index is 1.55. The van der Waals surface area contributed by atoms with Crippen LogP contribution in [0.2, 0.25) is 0 Å². The van der Waals surface area contributed by atoms with Crippen molar-refractivity contribution < 1.29 is 8.42 Å². The molecule has 6 nitrogen and oxygen atoms in total. The van der Waals surface area contributed by atoms with E-state index in [1.807, 2.05) is 36.4 Å². The maximum Gasteiger partial charge on any atom is 0.260 e. The molecule has 0 spiro atoms. The molecule has 7 heteroatoms. The summed E-state index contributed by atoms with van der Waals surface area (Å²) in [5.41, 5.74) is 8.49. The van der Waals surface area contributed by atoms with Crippen LogP contribution < -0.4 is 5.73 Å². The third-order valence-electron chi connectivity index (χ3n) is 5.23. The zero-order valence-electron chi connectivity index (χ0n) is 16.1. The van der Waals surface area contributed by atoms with Crippen LogP contribution in [0, 0.1) is 0 Å². The summed E-state index contributed by atoms with van der Waals surface area (Å²) < 4.78 is 27.3. The molecular weight excluding hydrogens is 384 g/mol. The molecule has 2 heterocycles. The Kier molecular flexibility index (Phi) is 5.62. The summed E-state index contributed by atoms with van der Waals surface area (Å²) in [5, 5.41) is 0.0443. The number of hydrogen-bond acceptors (Lipinski definition) is 5. The van der Waals surface area contributed by atoms with E-state index in [1.165, 1.54) is 27.7 Å². The molecule has 150 valence electrons. The average molecular weight is 409 g/mol. The molecule has 0 atom stereocenters. The second-order valence-corrected chi connectivity index (χ2v) is 8.98. The quantitative estimate of drug-likeness (QED) is 0.702. The summed E-state index contributed by atoms with van der Waals surface area (Å²) in [6.45, 7) is 2.13. The Bertz CT molecular complexity index is 994. The lowest BCUT2D eigenvalue weighted by Gasteiger charge is -2.39. The molecule has 2 N–H and O–H groups in total. The first-order valence-corrected chi connectivity index (χ1v) is 11.1. The fourth-order valence-electron chi connectivity index (χ4n) is 3.76. The van der Waals surface area contributed by atoms with Crippen LogP contribution in [0.15, 0.2) is 84.0 Å². The van der Waals surface area contributed by atoms with Gasteiger partial charge >= 0.3 is 0 Å². The van der Waals surface area contributed by atoms with E-state index in [9.17, 15) is 8.42 Å². The number of benzene rings is 2. The zero-order valence-corrected chi connectivity index (χ0v) is 16.9. The number of nitrogen functional groups attached to an aromatic ring is 1. The first-order valence-electron chi connectivity index (χ1n) is 9.61. The monoisotopic (exact) mass is 408 g/mol. The lowest BCUT2D eigenvalue weighted by molar-refractivity contribution is 0.155. The molecule has 29 heavy (non-hydrogen) atoms. The molecule has 1 aliphatic heterocycles. The fraction of sp³-hybridized carbons (Fsp3) is 0.227. The van der Waals surface area contributed by atoms with Crippen molar-refractivity contribution in [3.05, 3.63) is 90.1 Å². The minimum atomic E-state index is -3.62. The number of piperazine rings is 1. The molecule has 4 rings (SSSR count). The van der Waals surface area contributed by atoms with Crippen LogP contribution in [-0.4, -0.2) is 48.8 Å². The summed E-state index contributed by atoms with van der Waals surface area (Å²) in [7, 11) is -3.62. The molecule has 0 unspecified atom stereocenters. The number of aromatic nitrogens is 1. The van der Waals surface area contributed by atoms with Gasteiger partial charge in [0.05, 0.1) is 17.9 Å². The minimum Gasteiger partial charge on any atom is -0.397 e. The van der Waals surface area contributed by atoms with Crippen LogP contribution in [0.1, 0.15) is 17.2 Å². The smallest absolute Gasteiger partial charge is 0.260 e. The van der Waals surface area contributed by atoms with E-state index < -0.39 is 10.0 Å². The van der Waals surface area contributed by atoms with Crippen molar-refractivity contribution in [3.8, 4) is 0 Å². The highest BCUT2D eigenvalue weighted by atomic mass is 32.2. The number of pyridine rings is 1. The van der Waals surface area contributed by atoms with E-state index in [0.717, 1.165) is 0 Å². The Morgan fingerprint density at radius 1 is 0.793 bits per heavy atom. The predicted octanol–water partition coefficient (Wildman–Crippen LogP) is 2.76. The molecule has 1 fully saturated rings. The molecule has 0 radical (unpaired) electrons. The van der Waals surface area contributed by atoms with Gasteiger partial charge in [0.25, 0.3) is 10.0 Å². The maximum atomic E-state index is 12.9. The number of sulfonamides is 1. The molecular formula is C22H24N4O2S. The van der Waals surface area contributed by atoms with Crippen molar-refractivity contribution in [2.75, 3.05) is 31.9 Å². The van der Waals surface area contributed by atoms with Crippen LogP contribution in [0.5, 0.6) is 0 Å². The third kappa shape index (κ3) is 4.17. The number of rotatable bonds is 5. The van der Waals surface area contributed by atoms with Gasteiger partial charge in [-0.2, -0.15) is 4.31 Å². The Hall–Kier alpha value is -2.74. The topological polar surface area (TPSA) is 79.5 Å². The van der Waals surface area contributed by atoms with E-state index in [-0.39, 0.29) is 11.1 Å². The molecule has 1 aromatic heterocycles. The van der Waals surface area contributed by atoms with Gasteiger partial charge < -0.3 is 5.73 Å². The molecule has 2 aromatic carbocycles. The fourth-order valence-corrected chi connectivity index (χ4v) is 5.10. The standard InChI is InChI=1S/C22H24N4O2S/c23-20-11-12-21(24-17-20)29(27,28)26-15-13-25(14-16-26)22(18-7-3-1-4-8-18)19-9-5-2-6-10-19/h1-12,17,22H,13-16,23H2. The minimum absolute atomic E-state index is 0.0443. The van der Waals surface area contributed by atoms with Crippen molar-refractivity contribution in [2.45, 2.75) is 11.1 Å². The second-order valence-electron chi connectivity index (χ2n) is 7.09. The molecule has 0 bridgehead atoms. The molecule has 1 saturated heterocycles. The summed E-state index contributed by atoms with van der Waals surface area (Å²) in [6, 6.07) is 23.8. The van der Waals surface area contributed by atoms with Gasteiger partial charge in [0.2, 0.25) is 0 Å². The number of hydrogen-bond donors (Lipinski definition) is 1. The third-order valence-corrected chi connectivity index (χ3v) is 7.05. The molecule has 0 aliphatic carbocycles. The van der Waals surface area contributed by atoms with Gasteiger partial charge in [-0.05, 0) is 23.3 Å². The average Bonchev–Trinajstić information content (AvgIpc) is 2.76. The Labute approximate surface area is 171 Å². The highest BCUT2D eigenvalue weighted by Gasteiger charge is 2.32. The first kappa shape index (κ1) is 19.6. The SMILES string of the molecule is Nc1ccc(S(=O)(=O)N2CCN(C(c3ccccc3)c3ccccc3)CC2)nc1. The van der Waals surface area contributed by atoms with Gasteiger partial charge in [-0.3, -0.25) is 4.90 Å². The van der Waals surface area contributed by atoms with E-state index in [4.69, 9.17) is 5.73 Å². The van der Waals surface area contributed by atoms with Crippen LogP contribution in [0.4, 0.5) is 5.69 Å². The summed E-state index contributed by atoms with van der Waals surface area (Å²) >= 11 is 0. The normalized spacial score (nSPS) is 16.2. The van der Waals surface area contributed by atoms with Gasteiger partial charge in [0.15, 0.2) is 5.03 Å². The number of nitrogens with zero attached hydrogens (tertiary/aromatic N) is 3. The van der Waals surface area contributed by atoms with Crippen molar-refractivity contribution in [1.82, 2.24) is 14.2 Å². The van der Waals surface area contributed by atoms with Crippen molar-refractivity contribution in [3.63, 3.8) is 0 Å². The predicted molar refractivity (Wildman–Crippen MR) is 114 cm³/mol. The van der Waals surface area contributed by atoms with Gasteiger partial charge in [-0.1, -0.05) is 60.7 Å². The van der Waals surface area contributed by atoms with Gasteiger partial charge in [-0.15, -0.1) is 0 Å². The highest BCUT2D eigenvalue weighted by Crippen LogP contribution is 2.30. The Morgan fingerprint density at radius 3 is 1.83 bits per heavy atom. The molecule has 0 saturated carbocycles. The summed E-state index contributed by atoms with van der Waals surface area (Å²) in [4.78, 5) is 6.35. The van der Waals surface area contributed by atoms with Crippen molar-refractivity contribution >= 4 is 15.7 Å². The molecule has 3 aromatic rings. The van der Waals surface area contributed by atoms with E-state index >= 15 is 0 Å². The van der Waals surface area contributed by atoms with Crippen LogP contribution >= 0.6 is 0 Å². The highest BCUT2D eigenvalue weighted by molar-refractivity contribution is 7.89. The first-order chi connectivity index (χ1) is 14.1. The zero-order chi connectivity index (χ0) is 20.3. The molecule has 0 amide bonds. The van der Waals surface area contributed by atoms with E-state index in [0.29, 0.717) is 31.9 Å². The summed E-state index contributed by atoms with van der Waals surface area (Å²) in [5.74, 6) is 0. The van der Waals surface area contributed by atoms with E-state index in [2.05, 4.69) is 34.1 Å². The maximum absolute atomic E-state index is 12.9.